The molecule has 2 aliphatic heterocycles. The topological polar surface area (TPSA) is 52.7 Å². The lowest BCUT2D eigenvalue weighted by atomic mass is 9.94. The Hall–Kier alpha value is -1.88. The minimum atomic E-state index is -0.177. The predicted octanol–water partition coefficient (Wildman–Crippen LogP) is 2.66. The Morgan fingerprint density at radius 2 is 1.80 bits per heavy atom. The number of hydrogen-bond acceptors (Lipinski definition) is 3. The van der Waals surface area contributed by atoms with E-state index in [9.17, 15) is 9.59 Å². The minimum Gasteiger partial charge on any atom is -0.342 e. The number of anilines is 1. The third kappa shape index (κ3) is 4.40. The Balaban J connectivity index is 1.49. The van der Waals surface area contributed by atoms with Crippen LogP contribution in [0.25, 0.3) is 0 Å². The Morgan fingerprint density at radius 3 is 2.44 bits per heavy atom. The summed E-state index contributed by atoms with van der Waals surface area (Å²) in [5.74, 6) is 0.491. The van der Waals surface area contributed by atoms with Crippen molar-refractivity contribution in [2.45, 2.75) is 45.6 Å². The SMILES string of the molecule is Cc1cccc(NC(=O)C(C)N2CCC(C(=O)N3CCCC3)CC2)c1. The highest BCUT2D eigenvalue weighted by Crippen LogP contribution is 2.23. The smallest absolute Gasteiger partial charge is 0.241 e. The number of carbonyl (C=O) groups is 2. The van der Waals surface area contributed by atoms with Crippen molar-refractivity contribution < 1.29 is 9.59 Å². The fourth-order valence-electron chi connectivity index (χ4n) is 3.86. The second-order valence-corrected chi connectivity index (χ2v) is 7.38. The number of nitrogens with zero attached hydrogens (tertiary/aromatic N) is 2. The molecule has 0 spiro atoms. The summed E-state index contributed by atoms with van der Waals surface area (Å²) >= 11 is 0. The van der Waals surface area contributed by atoms with Crippen LogP contribution in [0.5, 0.6) is 0 Å². The number of nitrogens with one attached hydrogen (secondary N) is 1. The van der Waals surface area contributed by atoms with Crippen LogP contribution in [0.4, 0.5) is 5.69 Å². The van der Waals surface area contributed by atoms with Gasteiger partial charge in [0.1, 0.15) is 0 Å². The van der Waals surface area contributed by atoms with Gasteiger partial charge in [-0.1, -0.05) is 12.1 Å². The zero-order valence-electron chi connectivity index (χ0n) is 15.3. The average Bonchev–Trinajstić information content (AvgIpc) is 3.15. The first-order chi connectivity index (χ1) is 12.0. The highest BCUT2D eigenvalue weighted by atomic mass is 16.2. The van der Waals surface area contributed by atoms with Gasteiger partial charge in [-0.2, -0.15) is 0 Å². The van der Waals surface area contributed by atoms with Gasteiger partial charge < -0.3 is 10.2 Å². The number of rotatable bonds is 4. The van der Waals surface area contributed by atoms with Crippen LogP contribution in [0.15, 0.2) is 24.3 Å². The second-order valence-electron chi connectivity index (χ2n) is 7.38. The molecule has 5 heteroatoms. The first-order valence-electron chi connectivity index (χ1n) is 9.45. The summed E-state index contributed by atoms with van der Waals surface area (Å²) in [5.41, 5.74) is 1.97. The number of likely N-dealkylation sites (tertiary alicyclic amines) is 2. The van der Waals surface area contributed by atoms with Gasteiger partial charge in [0.25, 0.3) is 0 Å². The van der Waals surface area contributed by atoms with Crippen LogP contribution in [0, 0.1) is 12.8 Å². The molecule has 1 aromatic rings. The molecule has 0 saturated carbocycles. The predicted molar refractivity (Wildman–Crippen MR) is 99.4 cm³/mol. The van der Waals surface area contributed by atoms with Crippen LogP contribution in [0.1, 0.15) is 38.2 Å². The van der Waals surface area contributed by atoms with Gasteiger partial charge in [-0.3, -0.25) is 14.5 Å². The van der Waals surface area contributed by atoms with Crippen molar-refractivity contribution in [1.82, 2.24) is 9.80 Å². The summed E-state index contributed by atoms with van der Waals surface area (Å²) in [6, 6.07) is 7.68. The van der Waals surface area contributed by atoms with Gasteiger partial charge in [-0.25, -0.2) is 0 Å². The van der Waals surface area contributed by atoms with Gasteiger partial charge in [-0.05, 0) is 70.3 Å². The molecule has 0 aromatic heterocycles. The lowest BCUT2D eigenvalue weighted by molar-refractivity contribution is -0.136. The molecule has 1 N–H and O–H groups in total. The Morgan fingerprint density at radius 1 is 1.12 bits per heavy atom. The van der Waals surface area contributed by atoms with Crippen LogP contribution < -0.4 is 5.32 Å². The molecule has 0 aliphatic carbocycles. The molecule has 2 fully saturated rings. The van der Waals surface area contributed by atoms with Crippen LogP contribution in [-0.2, 0) is 9.59 Å². The number of hydrogen-bond donors (Lipinski definition) is 1. The van der Waals surface area contributed by atoms with E-state index in [2.05, 4.69) is 10.2 Å². The van der Waals surface area contributed by atoms with Gasteiger partial charge in [0, 0.05) is 24.7 Å². The van der Waals surface area contributed by atoms with Crippen LogP contribution in [-0.4, -0.2) is 53.8 Å². The van der Waals surface area contributed by atoms with Gasteiger partial charge in [0.15, 0.2) is 0 Å². The third-order valence-electron chi connectivity index (χ3n) is 5.51. The maximum atomic E-state index is 12.5. The van der Waals surface area contributed by atoms with Crippen molar-refractivity contribution in [3.8, 4) is 0 Å². The zero-order valence-corrected chi connectivity index (χ0v) is 15.3. The van der Waals surface area contributed by atoms with E-state index in [1.807, 2.05) is 43.0 Å². The maximum Gasteiger partial charge on any atom is 0.241 e. The number of aryl methyl sites for hydroxylation is 1. The molecule has 0 radical (unpaired) electrons. The Kier molecular flexibility index (Phi) is 5.74. The van der Waals surface area contributed by atoms with Crippen molar-refractivity contribution in [2.24, 2.45) is 5.92 Å². The minimum absolute atomic E-state index is 0.0231. The number of carbonyl (C=O) groups excluding carboxylic acids is 2. The molecule has 1 aromatic carbocycles. The molecule has 2 saturated heterocycles. The molecule has 1 atom stereocenters. The van der Waals surface area contributed by atoms with Gasteiger partial charge in [0.2, 0.25) is 11.8 Å². The number of amides is 2. The highest BCUT2D eigenvalue weighted by molar-refractivity contribution is 5.94. The summed E-state index contributed by atoms with van der Waals surface area (Å²) in [4.78, 5) is 29.2. The molecule has 2 aliphatic rings. The molecule has 25 heavy (non-hydrogen) atoms. The van der Waals surface area contributed by atoms with E-state index in [-0.39, 0.29) is 17.9 Å². The van der Waals surface area contributed by atoms with E-state index < -0.39 is 0 Å². The fourth-order valence-corrected chi connectivity index (χ4v) is 3.86. The summed E-state index contributed by atoms with van der Waals surface area (Å²) in [6.07, 6.45) is 4.00. The summed E-state index contributed by atoms with van der Waals surface area (Å²) in [5, 5.41) is 3.00. The monoisotopic (exact) mass is 343 g/mol. The van der Waals surface area contributed by atoms with Crippen molar-refractivity contribution in [2.75, 3.05) is 31.5 Å². The van der Waals surface area contributed by atoms with E-state index in [0.29, 0.717) is 5.91 Å². The first-order valence-corrected chi connectivity index (χ1v) is 9.45. The van der Waals surface area contributed by atoms with Crippen molar-refractivity contribution >= 4 is 17.5 Å². The fraction of sp³-hybridized carbons (Fsp3) is 0.600. The zero-order chi connectivity index (χ0) is 17.8. The normalized spacial score (nSPS) is 20.5. The van der Waals surface area contributed by atoms with Gasteiger partial charge in [0.05, 0.1) is 6.04 Å². The largest absolute Gasteiger partial charge is 0.342 e. The Labute approximate surface area is 150 Å². The summed E-state index contributed by atoms with van der Waals surface area (Å²) < 4.78 is 0. The van der Waals surface area contributed by atoms with E-state index in [4.69, 9.17) is 0 Å². The summed E-state index contributed by atoms with van der Waals surface area (Å²) in [6.45, 7) is 7.44. The number of benzene rings is 1. The summed E-state index contributed by atoms with van der Waals surface area (Å²) in [7, 11) is 0. The highest BCUT2D eigenvalue weighted by Gasteiger charge is 2.32. The van der Waals surface area contributed by atoms with Crippen LogP contribution >= 0.6 is 0 Å². The molecule has 0 bridgehead atoms. The lowest BCUT2D eigenvalue weighted by Crippen LogP contribution is -2.48. The lowest BCUT2D eigenvalue weighted by Gasteiger charge is -2.36. The first kappa shape index (κ1) is 17.9. The van der Waals surface area contributed by atoms with Crippen LogP contribution in [0.3, 0.4) is 0 Å². The molecule has 2 amide bonds. The van der Waals surface area contributed by atoms with Crippen molar-refractivity contribution in [1.29, 1.82) is 0 Å². The molecule has 1 unspecified atom stereocenters. The molecule has 3 rings (SSSR count). The quantitative estimate of drug-likeness (QED) is 0.914. The Bertz CT molecular complexity index is 617. The average molecular weight is 343 g/mol. The molecular weight excluding hydrogens is 314 g/mol. The molecule has 2 heterocycles. The van der Waals surface area contributed by atoms with E-state index in [1.165, 1.54) is 0 Å². The molecule has 136 valence electrons. The second kappa shape index (κ2) is 8.00. The van der Waals surface area contributed by atoms with Crippen molar-refractivity contribution in [3.63, 3.8) is 0 Å². The van der Waals surface area contributed by atoms with E-state index in [1.54, 1.807) is 0 Å². The maximum absolute atomic E-state index is 12.5. The molecular formula is C20H29N3O2. The number of piperidine rings is 1. The van der Waals surface area contributed by atoms with Crippen molar-refractivity contribution in [3.05, 3.63) is 29.8 Å². The van der Waals surface area contributed by atoms with Gasteiger partial charge >= 0.3 is 0 Å². The standard InChI is InChI=1S/C20H29N3O2/c1-15-6-5-7-18(14-15)21-19(24)16(2)22-12-8-17(9-13-22)20(25)23-10-3-4-11-23/h5-7,14,16-17H,3-4,8-13H2,1-2H3,(H,21,24). The van der Waals surface area contributed by atoms with Gasteiger partial charge in [-0.15, -0.1) is 0 Å². The van der Waals surface area contributed by atoms with E-state index >= 15 is 0 Å². The van der Waals surface area contributed by atoms with Crippen LogP contribution in [0.2, 0.25) is 0 Å². The molecule has 5 nitrogen and oxygen atoms in total. The van der Waals surface area contributed by atoms with E-state index in [0.717, 1.165) is 63.1 Å². The third-order valence-corrected chi connectivity index (χ3v) is 5.51.